The third-order valence-corrected chi connectivity index (χ3v) is 4.32. The summed E-state index contributed by atoms with van der Waals surface area (Å²) in [5.74, 6) is 0.953. The average Bonchev–Trinajstić information content (AvgIpc) is 3.08. The smallest absolute Gasteiger partial charge is 0.129 e. The normalized spacial score (nSPS) is 12.6. The van der Waals surface area contributed by atoms with Crippen molar-refractivity contribution in [2.24, 2.45) is 7.05 Å². The van der Waals surface area contributed by atoms with Crippen molar-refractivity contribution in [2.75, 3.05) is 13.7 Å². The van der Waals surface area contributed by atoms with Crippen molar-refractivity contribution in [3.8, 4) is 5.75 Å². The summed E-state index contributed by atoms with van der Waals surface area (Å²) in [5, 5.41) is 9.92. The quantitative estimate of drug-likeness (QED) is 0.812. The molecule has 20 heavy (non-hydrogen) atoms. The Morgan fingerprint density at radius 2 is 2.35 bits per heavy atom. The van der Waals surface area contributed by atoms with Crippen LogP contribution in [0.15, 0.2) is 23.8 Å². The Morgan fingerprint density at radius 3 is 2.95 bits per heavy atom. The fourth-order valence-corrected chi connectivity index (χ4v) is 3.17. The third kappa shape index (κ3) is 4.08. The molecule has 1 unspecified atom stereocenters. The van der Waals surface area contributed by atoms with Crippen molar-refractivity contribution in [1.29, 1.82) is 0 Å². The summed E-state index contributed by atoms with van der Waals surface area (Å²) < 4.78 is 7.14. The van der Waals surface area contributed by atoms with Gasteiger partial charge >= 0.3 is 0 Å². The molecule has 0 bridgehead atoms. The molecular weight excluding hydrogens is 270 g/mol. The van der Waals surface area contributed by atoms with Crippen LogP contribution in [0.1, 0.15) is 36.2 Å². The molecule has 5 heteroatoms. The maximum Gasteiger partial charge on any atom is 0.129 e. The van der Waals surface area contributed by atoms with Crippen LogP contribution in [0.25, 0.3) is 0 Å². The van der Waals surface area contributed by atoms with Crippen LogP contribution in [0.4, 0.5) is 0 Å². The molecule has 0 aromatic carbocycles. The zero-order chi connectivity index (χ0) is 14.4. The first-order chi connectivity index (χ1) is 9.72. The van der Waals surface area contributed by atoms with E-state index in [2.05, 4.69) is 35.0 Å². The predicted octanol–water partition coefficient (Wildman–Crippen LogP) is 3.16. The highest BCUT2D eigenvalue weighted by atomic mass is 32.1. The largest absolute Gasteiger partial charge is 0.496 e. The zero-order valence-corrected chi connectivity index (χ0v) is 13.2. The number of nitrogens with zero attached hydrogens (tertiary/aromatic N) is 2. The van der Waals surface area contributed by atoms with E-state index < -0.39 is 0 Å². The molecular formula is C15H23N3OS. The van der Waals surface area contributed by atoms with Crippen molar-refractivity contribution < 1.29 is 4.74 Å². The highest BCUT2D eigenvalue weighted by molar-refractivity contribution is 7.10. The monoisotopic (exact) mass is 293 g/mol. The number of rotatable bonds is 8. The summed E-state index contributed by atoms with van der Waals surface area (Å²) >= 11 is 1.76. The van der Waals surface area contributed by atoms with E-state index in [-0.39, 0.29) is 0 Å². The lowest BCUT2D eigenvalue weighted by molar-refractivity contribution is 0.415. The second-order valence-corrected chi connectivity index (χ2v) is 5.90. The first kappa shape index (κ1) is 15.1. The van der Waals surface area contributed by atoms with Crippen LogP contribution in [-0.4, -0.2) is 23.4 Å². The summed E-state index contributed by atoms with van der Waals surface area (Å²) in [4.78, 5) is 1.35. The standard InChI is InChI=1S/C15H23N3OS/c1-4-7-16-14(15-8-13(19-3)11-20-15)6-5-12-9-17-18(2)10-12/h8-11,14,16H,4-7H2,1-3H3. The van der Waals surface area contributed by atoms with Gasteiger partial charge in [-0.2, -0.15) is 5.10 Å². The Kier molecular flexibility index (Phi) is 5.61. The highest BCUT2D eigenvalue weighted by Crippen LogP contribution is 2.29. The first-order valence-electron chi connectivity index (χ1n) is 7.06. The Labute approximate surface area is 124 Å². The molecule has 0 saturated carbocycles. The molecule has 110 valence electrons. The van der Waals surface area contributed by atoms with Crippen molar-refractivity contribution >= 4 is 11.3 Å². The number of methoxy groups -OCH3 is 1. The summed E-state index contributed by atoms with van der Waals surface area (Å²) in [6.45, 7) is 3.23. The van der Waals surface area contributed by atoms with E-state index in [0.29, 0.717) is 6.04 Å². The molecule has 2 aromatic heterocycles. The summed E-state index contributed by atoms with van der Waals surface area (Å²) in [6.07, 6.45) is 7.30. The summed E-state index contributed by atoms with van der Waals surface area (Å²) in [7, 11) is 3.68. The molecule has 0 spiro atoms. The summed E-state index contributed by atoms with van der Waals surface area (Å²) in [6, 6.07) is 2.53. The van der Waals surface area contributed by atoms with Crippen molar-refractivity contribution in [2.45, 2.75) is 32.2 Å². The minimum atomic E-state index is 0.393. The Hall–Kier alpha value is -1.33. The van der Waals surface area contributed by atoms with E-state index in [1.54, 1.807) is 18.4 Å². The zero-order valence-electron chi connectivity index (χ0n) is 12.4. The predicted molar refractivity (Wildman–Crippen MR) is 83.4 cm³/mol. The molecule has 0 aliphatic heterocycles. The van der Waals surface area contributed by atoms with Gasteiger partial charge in [0, 0.05) is 29.5 Å². The van der Waals surface area contributed by atoms with Gasteiger partial charge in [-0.1, -0.05) is 6.92 Å². The lowest BCUT2D eigenvalue weighted by Gasteiger charge is -2.16. The van der Waals surface area contributed by atoms with E-state index in [4.69, 9.17) is 4.74 Å². The number of nitrogens with one attached hydrogen (secondary N) is 1. The molecule has 2 heterocycles. The Bertz CT molecular complexity index is 521. The van der Waals surface area contributed by atoms with E-state index in [9.17, 15) is 0 Å². The maximum absolute atomic E-state index is 5.28. The fourth-order valence-electron chi connectivity index (χ4n) is 2.20. The molecule has 0 aliphatic rings. The van der Waals surface area contributed by atoms with E-state index in [1.165, 1.54) is 10.4 Å². The van der Waals surface area contributed by atoms with Gasteiger partial charge in [0.25, 0.3) is 0 Å². The van der Waals surface area contributed by atoms with Gasteiger partial charge in [-0.3, -0.25) is 4.68 Å². The number of aromatic nitrogens is 2. The second kappa shape index (κ2) is 7.45. The minimum absolute atomic E-state index is 0.393. The molecule has 0 amide bonds. The number of thiophene rings is 1. The molecule has 1 N–H and O–H groups in total. The molecule has 1 atom stereocenters. The van der Waals surface area contributed by atoms with Crippen LogP contribution in [-0.2, 0) is 13.5 Å². The van der Waals surface area contributed by atoms with Crippen LogP contribution in [0, 0.1) is 0 Å². The van der Waals surface area contributed by atoms with Gasteiger partial charge < -0.3 is 10.1 Å². The van der Waals surface area contributed by atoms with Gasteiger partial charge in [0.1, 0.15) is 5.75 Å². The maximum atomic E-state index is 5.28. The average molecular weight is 293 g/mol. The number of hydrogen-bond acceptors (Lipinski definition) is 4. The van der Waals surface area contributed by atoms with Crippen LogP contribution < -0.4 is 10.1 Å². The van der Waals surface area contributed by atoms with Gasteiger partial charge in [0.15, 0.2) is 0 Å². The molecule has 0 radical (unpaired) electrons. The minimum Gasteiger partial charge on any atom is -0.496 e. The van der Waals surface area contributed by atoms with Gasteiger partial charge in [-0.15, -0.1) is 11.3 Å². The van der Waals surface area contributed by atoms with E-state index >= 15 is 0 Å². The number of ether oxygens (including phenoxy) is 1. The van der Waals surface area contributed by atoms with Gasteiger partial charge in [-0.05, 0) is 37.4 Å². The highest BCUT2D eigenvalue weighted by Gasteiger charge is 2.14. The number of aryl methyl sites for hydroxylation is 2. The van der Waals surface area contributed by atoms with Gasteiger partial charge in [-0.25, -0.2) is 0 Å². The van der Waals surface area contributed by atoms with Crippen molar-refractivity contribution in [1.82, 2.24) is 15.1 Å². The molecule has 0 fully saturated rings. The molecule has 0 aliphatic carbocycles. The SMILES string of the molecule is CCCNC(CCc1cnn(C)c1)c1cc(OC)cs1. The molecule has 2 rings (SSSR count). The lowest BCUT2D eigenvalue weighted by atomic mass is 10.1. The van der Waals surface area contributed by atoms with Gasteiger partial charge in [0.05, 0.1) is 13.3 Å². The van der Waals surface area contributed by atoms with Gasteiger partial charge in [0.2, 0.25) is 0 Å². The Balaban J connectivity index is 1.99. The van der Waals surface area contributed by atoms with Crippen LogP contribution >= 0.6 is 11.3 Å². The lowest BCUT2D eigenvalue weighted by Crippen LogP contribution is -2.21. The first-order valence-corrected chi connectivity index (χ1v) is 7.94. The number of hydrogen-bond donors (Lipinski definition) is 1. The van der Waals surface area contributed by atoms with Crippen LogP contribution in [0.5, 0.6) is 5.75 Å². The molecule has 0 saturated heterocycles. The second-order valence-electron chi connectivity index (χ2n) is 4.96. The van der Waals surface area contributed by atoms with E-state index in [0.717, 1.165) is 31.6 Å². The van der Waals surface area contributed by atoms with Crippen molar-refractivity contribution in [3.63, 3.8) is 0 Å². The Morgan fingerprint density at radius 1 is 1.50 bits per heavy atom. The topological polar surface area (TPSA) is 39.1 Å². The molecule has 4 nitrogen and oxygen atoms in total. The van der Waals surface area contributed by atoms with E-state index in [1.807, 2.05) is 17.9 Å². The van der Waals surface area contributed by atoms with Crippen LogP contribution in [0.3, 0.4) is 0 Å². The summed E-state index contributed by atoms with van der Waals surface area (Å²) in [5.41, 5.74) is 1.29. The third-order valence-electron chi connectivity index (χ3n) is 3.30. The van der Waals surface area contributed by atoms with Crippen molar-refractivity contribution in [3.05, 3.63) is 34.3 Å². The fraction of sp³-hybridized carbons (Fsp3) is 0.533. The molecule has 2 aromatic rings. The van der Waals surface area contributed by atoms with Crippen LogP contribution in [0.2, 0.25) is 0 Å².